The SMILES string of the molecule is CNC(=O)[C@H]1CCCCN1C(=O)c1ccc(N2CCCC2)c(Cl)c1. The maximum absolute atomic E-state index is 12.9. The van der Waals surface area contributed by atoms with Crippen LogP contribution in [0.4, 0.5) is 5.69 Å². The molecule has 0 aromatic heterocycles. The van der Waals surface area contributed by atoms with Gasteiger partial charge in [0.25, 0.3) is 5.91 Å². The summed E-state index contributed by atoms with van der Waals surface area (Å²) in [6, 6.07) is 5.12. The van der Waals surface area contributed by atoms with Gasteiger partial charge in [0.1, 0.15) is 6.04 Å². The van der Waals surface area contributed by atoms with Gasteiger partial charge in [0.15, 0.2) is 0 Å². The zero-order valence-electron chi connectivity index (χ0n) is 14.1. The van der Waals surface area contributed by atoms with E-state index < -0.39 is 0 Å². The molecule has 0 spiro atoms. The Hall–Kier alpha value is -1.75. The number of amides is 2. The Morgan fingerprint density at radius 1 is 1.12 bits per heavy atom. The lowest BCUT2D eigenvalue weighted by Gasteiger charge is -2.34. The molecule has 2 aliphatic rings. The lowest BCUT2D eigenvalue weighted by atomic mass is 10.00. The Morgan fingerprint density at radius 3 is 2.50 bits per heavy atom. The first-order chi connectivity index (χ1) is 11.6. The molecule has 5 nitrogen and oxygen atoms in total. The molecule has 2 heterocycles. The molecule has 0 aliphatic carbocycles. The Kier molecular flexibility index (Phi) is 5.29. The molecule has 0 bridgehead atoms. The normalized spacial score (nSPS) is 21.0. The molecule has 1 N–H and O–H groups in total. The number of nitrogens with zero attached hydrogens (tertiary/aromatic N) is 2. The van der Waals surface area contributed by atoms with Gasteiger partial charge in [-0.1, -0.05) is 11.6 Å². The highest BCUT2D eigenvalue weighted by Gasteiger charge is 2.32. The van der Waals surface area contributed by atoms with Crippen molar-refractivity contribution in [3.8, 4) is 0 Å². The van der Waals surface area contributed by atoms with Crippen LogP contribution in [-0.4, -0.2) is 49.4 Å². The van der Waals surface area contributed by atoms with Crippen molar-refractivity contribution in [1.82, 2.24) is 10.2 Å². The summed E-state index contributed by atoms with van der Waals surface area (Å²) in [7, 11) is 1.61. The molecule has 0 radical (unpaired) electrons. The molecule has 1 aromatic rings. The highest BCUT2D eigenvalue weighted by Crippen LogP contribution is 2.30. The second kappa shape index (κ2) is 7.43. The number of likely N-dealkylation sites (tertiary alicyclic amines) is 1. The fourth-order valence-corrected chi connectivity index (χ4v) is 3.93. The summed E-state index contributed by atoms with van der Waals surface area (Å²) < 4.78 is 0. The van der Waals surface area contributed by atoms with Crippen LogP contribution in [0.15, 0.2) is 18.2 Å². The highest BCUT2D eigenvalue weighted by atomic mass is 35.5. The molecular weight excluding hydrogens is 326 g/mol. The van der Waals surface area contributed by atoms with E-state index in [1.54, 1.807) is 18.0 Å². The fourth-order valence-electron chi connectivity index (χ4n) is 3.63. The van der Waals surface area contributed by atoms with E-state index in [4.69, 9.17) is 11.6 Å². The van der Waals surface area contributed by atoms with Gasteiger partial charge in [-0.3, -0.25) is 9.59 Å². The lowest BCUT2D eigenvalue weighted by Crippen LogP contribution is -2.51. The van der Waals surface area contributed by atoms with E-state index in [0.717, 1.165) is 31.6 Å². The fraction of sp³-hybridized carbons (Fsp3) is 0.556. The van der Waals surface area contributed by atoms with Gasteiger partial charge >= 0.3 is 0 Å². The second-order valence-electron chi connectivity index (χ2n) is 6.48. The predicted octanol–water partition coefficient (Wildman–Crippen LogP) is 2.68. The molecule has 1 aromatic carbocycles. The molecule has 2 saturated heterocycles. The lowest BCUT2D eigenvalue weighted by molar-refractivity contribution is -0.126. The van der Waals surface area contributed by atoms with E-state index in [1.165, 1.54) is 12.8 Å². The van der Waals surface area contributed by atoms with Crippen LogP contribution < -0.4 is 10.2 Å². The smallest absolute Gasteiger partial charge is 0.254 e. The average Bonchev–Trinajstić information content (AvgIpc) is 3.14. The van der Waals surface area contributed by atoms with Gasteiger partial charge in [-0.25, -0.2) is 0 Å². The number of nitrogens with one attached hydrogen (secondary N) is 1. The third-order valence-corrected chi connectivity index (χ3v) is 5.26. The van der Waals surface area contributed by atoms with Crippen molar-refractivity contribution in [2.45, 2.75) is 38.1 Å². The van der Waals surface area contributed by atoms with Crippen molar-refractivity contribution in [3.63, 3.8) is 0 Å². The molecule has 1 atom stereocenters. The zero-order chi connectivity index (χ0) is 17.1. The minimum absolute atomic E-state index is 0.0946. The van der Waals surface area contributed by atoms with Crippen LogP contribution in [0.2, 0.25) is 5.02 Å². The van der Waals surface area contributed by atoms with E-state index in [1.807, 2.05) is 12.1 Å². The van der Waals surface area contributed by atoms with E-state index in [9.17, 15) is 9.59 Å². The Morgan fingerprint density at radius 2 is 1.83 bits per heavy atom. The Bertz CT molecular complexity index is 629. The van der Waals surface area contributed by atoms with Crippen molar-refractivity contribution < 1.29 is 9.59 Å². The molecule has 3 rings (SSSR count). The average molecular weight is 350 g/mol. The van der Waals surface area contributed by atoms with Crippen molar-refractivity contribution in [3.05, 3.63) is 28.8 Å². The number of rotatable bonds is 3. The monoisotopic (exact) mass is 349 g/mol. The summed E-state index contributed by atoms with van der Waals surface area (Å²) in [6.45, 7) is 2.64. The van der Waals surface area contributed by atoms with Gasteiger partial charge in [0.05, 0.1) is 10.7 Å². The van der Waals surface area contributed by atoms with Gasteiger partial charge in [0.2, 0.25) is 5.91 Å². The van der Waals surface area contributed by atoms with E-state index >= 15 is 0 Å². The zero-order valence-corrected chi connectivity index (χ0v) is 14.8. The summed E-state index contributed by atoms with van der Waals surface area (Å²) in [6.07, 6.45) is 4.97. The number of carbonyl (C=O) groups is 2. The maximum Gasteiger partial charge on any atom is 0.254 e. The molecule has 24 heavy (non-hydrogen) atoms. The standard InChI is InChI=1S/C18H24ClN3O2/c1-20-17(23)16-6-2-3-11-22(16)18(24)13-7-8-15(14(19)12-13)21-9-4-5-10-21/h7-8,12,16H,2-6,9-11H2,1H3,(H,20,23)/t16-/m1/s1. The van der Waals surface area contributed by atoms with Gasteiger partial charge in [-0.15, -0.1) is 0 Å². The van der Waals surface area contributed by atoms with Gasteiger partial charge in [-0.05, 0) is 50.3 Å². The Balaban J connectivity index is 1.80. The van der Waals surface area contributed by atoms with Crippen LogP contribution in [0, 0.1) is 0 Å². The minimum atomic E-state index is -0.381. The molecule has 2 amide bonds. The van der Waals surface area contributed by atoms with Crippen molar-refractivity contribution in [2.75, 3.05) is 31.6 Å². The number of anilines is 1. The molecule has 0 saturated carbocycles. The molecule has 0 unspecified atom stereocenters. The number of halogens is 1. The molecule has 2 aliphatic heterocycles. The van der Waals surface area contributed by atoms with E-state index in [0.29, 0.717) is 23.6 Å². The number of hydrogen-bond donors (Lipinski definition) is 1. The highest BCUT2D eigenvalue weighted by molar-refractivity contribution is 6.33. The van der Waals surface area contributed by atoms with Crippen LogP contribution in [0.1, 0.15) is 42.5 Å². The third kappa shape index (κ3) is 3.36. The quantitative estimate of drug-likeness (QED) is 0.912. The van der Waals surface area contributed by atoms with Crippen LogP contribution >= 0.6 is 11.6 Å². The number of benzene rings is 1. The van der Waals surface area contributed by atoms with Crippen LogP contribution in [0.3, 0.4) is 0 Å². The number of likely N-dealkylation sites (N-methyl/N-ethyl adjacent to an activating group) is 1. The topological polar surface area (TPSA) is 52.7 Å². The molecular formula is C18H24ClN3O2. The minimum Gasteiger partial charge on any atom is -0.370 e. The van der Waals surface area contributed by atoms with Gasteiger partial charge in [-0.2, -0.15) is 0 Å². The summed E-state index contributed by atoms with van der Waals surface area (Å²) in [5.41, 5.74) is 1.55. The molecule has 130 valence electrons. The summed E-state index contributed by atoms with van der Waals surface area (Å²) in [4.78, 5) is 28.9. The first-order valence-corrected chi connectivity index (χ1v) is 9.06. The first-order valence-electron chi connectivity index (χ1n) is 8.69. The molecule has 2 fully saturated rings. The van der Waals surface area contributed by atoms with E-state index in [2.05, 4.69) is 10.2 Å². The summed E-state index contributed by atoms with van der Waals surface area (Å²) >= 11 is 6.43. The van der Waals surface area contributed by atoms with Crippen LogP contribution in [-0.2, 0) is 4.79 Å². The molecule has 6 heteroatoms. The van der Waals surface area contributed by atoms with Gasteiger partial charge < -0.3 is 15.1 Å². The van der Waals surface area contributed by atoms with Gasteiger partial charge in [0, 0.05) is 32.2 Å². The summed E-state index contributed by atoms with van der Waals surface area (Å²) in [5, 5.41) is 3.27. The van der Waals surface area contributed by atoms with Crippen molar-refractivity contribution in [2.24, 2.45) is 0 Å². The second-order valence-corrected chi connectivity index (χ2v) is 6.89. The van der Waals surface area contributed by atoms with Crippen LogP contribution in [0.5, 0.6) is 0 Å². The predicted molar refractivity (Wildman–Crippen MR) is 95.6 cm³/mol. The van der Waals surface area contributed by atoms with Crippen LogP contribution in [0.25, 0.3) is 0 Å². The van der Waals surface area contributed by atoms with Crippen molar-refractivity contribution >= 4 is 29.1 Å². The largest absolute Gasteiger partial charge is 0.370 e. The Labute approximate surface area is 147 Å². The summed E-state index contributed by atoms with van der Waals surface area (Å²) in [5.74, 6) is -0.207. The van der Waals surface area contributed by atoms with Crippen molar-refractivity contribution in [1.29, 1.82) is 0 Å². The first kappa shape index (κ1) is 17.1. The third-order valence-electron chi connectivity index (χ3n) is 4.95. The maximum atomic E-state index is 12.9. The number of carbonyl (C=O) groups excluding carboxylic acids is 2. The number of piperidine rings is 1. The number of hydrogen-bond acceptors (Lipinski definition) is 3. The van der Waals surface area contributed by atoms with E-state index in [-0.39, 0.29) is 17.9 Å².